The first-order chi connectivity index (χ1) is 13.6. The fraction of sp³-hybridized carbons (Fsp3) is 0.421. The lowest BCUT2D eigenvalue weighted by atomic mass is 10.2. The molecule has 0 amide bonds. The van der Waals surface area contributed by atoms with Crippen molar-refractivity contribution in [3.05, 3.63) is 42.7 Å². The van der Waals surface area contributed by atoms with E-state index in [9.17, 15) is 14.4 Å². The van der Waals surface area contributed by atoms with Crippen LogP contribution in [0.25, 0.3) is 10.2 Å². The Morgan fingerprint density at radius 2 is 1.93 bits per heavy atom. The van der Waals surface area contributed by atoms with Gasteiger partial charge in [-0.1, -0.05) is 25.6 Å². The molecule has 29 heavy (non-hydrogen) atoms. The number of aromatic amines is 1. The third-order valence-corrected chi connectivity index (χ3v) is 6.59. The van der Waals surface area contributed by atoms with Crippen LogP contribution in [0.2, 0.25) is 0 Å². The summed E-state index contributed by atoms with van der Waals surface area (Å²) >= 11 is 2.84. The summed E-state index contributed by atoms with van der Waals surface area (Å²) in [5.41, 5.74) is 5.57. The molecule has 3 rings (SSSR count). The number of hydrogen-bond donors (Lipinski definition) is 2. The quantitative estimate of drug-likeness (QED) is 0.348. The van der Waals surface area contributed by atoms with E-state index >= 15 is 0 Å². The van der Waals surface area contributed by atoms with Crippen LogP contribution in [0.1, 0.15) is 40.5 Å². The number of nitrogens with two attached hydrogens (primary N) is 1. The van der Waals surface area contributed by atoms with E-state index in [-0.39, 0.29) is 23.1 Å². The Morgan fingerprint density at radius 3 is 2.59 bits per heavy atom. The molecule has 3 N–H and O–H groups in total. The zero-order chi connectivity index (χ0) is 21.5. The predicted octanol–water partition coefficient (Wildman–Crippen LogP) is 2.68. The molecule has 3 aromatic heterocycles. The molecule has 0 unspecified atom stereocenters. The number of nitrogen functional groups attached to an aromatic ring is 1. The summed E-state index contributed by atoms with van der Waals surface area (Å²) in [5, 5.41) is 1.63. The maximum Gasteiger partial charge on any atom is 0.329 e. The van der Waals surface area contributed by atoms with Crippen molar-refractivity contribution in [3.63, 3.8) is 0 Å². The number of aryl methyl sites for hydroxylation is 3. The first-order valence-corrected chi connectivity index (χ1v) is 10.9. The number of Topliss-reactive ketones (excluding diaryl/α,β-unsaturated/α-hetero) is 1. The van der Waals surface area contributed by atoms with Crippen LogP contribution in [0, 0.1) is 26.7 Å². The lowest BCUT2D eigenvalue weighted by Gasteiger charge is -2.13. The molecular weight excluding hydrogens is 410 g/mol. The second-order valence-corrected chi connectivity index (χ2v) is 9.44. The largest absolute Gasteiger partial charge is 0.384 e. The molecule has 154 valence electrons. The topological polar surface area (TPSA) is 124 Å². The van der Waals surface area contributed by atoms with Gasteiger partial charge in [0.15, 0.2) is 5.78 Å². The van der Waals surface area contributed by atoms with E-state index < -0.39 is 17.0 Å². The third kappa shape index (κ3) is 4.13. The van der Waals surface area contributed by atoms with E-state index in [1.165, 1.54) is 16.3 Å². The van der Waals surface area contributed by atoms with Crippen molar-refractivity contribution in [2.24, 2.45) is 5.92 Å². The number of nitrogens with one attached hydrogen (secondary N) is 1. The molecule has 0 saturated heterocycles. The molecule has 3 aromatic rings. The molecule has 8 nitrogen and oxygen atoms in total. The number of ketones is 1. The SMILES string of the molecule is Cc1nc(SCC(=O)c2c(N)n(CC(C)C)c(=O)[nH]c2=O)c2c(C)c(C)sc2n1. The van der Waals surface area contributed by atoms with Gasteiger partial charge in [-0.2, -0.15) is 0 Å². The zero-order valence-electron chi connectivity index (χ0n) is 17.0. The van der Waals surface area contributed by atoms with Gasteiger partial charge in [0, 0.05) is 16.8 Å². The van der Waals surface area contributed by atoms with Crippen molar-refractivity contribution in [3.8, 4) is 0 Å². The van der Waals surface area contributed by atoms with Crippen molar-refractivity contribution in [1.82, 2.24) is 19.5 Å². The Bertz CT molecular complexity index is 1220. The first kappa shape index (κ1) is 21.3. The summed E-state index contributed by atoms with van der Waals surface area (Å²) in [7, 11) is 0. The minimum absolute atomic E-state index is 0.0208. The number of rotatable bonds is 6. The van der Waals surface area contributed by atoms with Crippen LogP contribution in [0.4, 0.5) is 5.82 Å². The first-order valence-electron chi connectivity index (χ1n) is 9.13. The summed E-state index contributed by atoms with van der Waals surface area (Å²) < 4.78 is 1.24. The molecule has 0 spiro atoms. The van der Waals surface area contributed by atoms with Crippen LogP contribution >= 0.6 is 23.1 Å². The maximum absolute atomic E-state index is 12.8. The number of H-pyrrole nitrogens is 1. The minimum atomic E-state index is -0.760. The molecule has 0 aliphatic heterocycles. The molecule has 0 aliphatic rings. The van der Waals surface area contributed by atoms with Gasteiger partial charge in [-0.05, 0) is 32.3 Å². The standard InChI is InChI=1S/C19H23N5O3S2/c1-8(2)6-24-15(20)14(16(26)23-19(24)27)12(25)7-28-17-13-9(3)10(4)29-18(13)22-11(5)21-17/h8H,6-7,20H2,1-5H3,(H,23,26,27). The summed E-state index contributed by atoms with van der Waals surface area (Å²) in [6, 6.07) is 0. The second kappa shape index (κ2) is 8.11. The molecular formula is C19H23N5O3S2. The number of hydrogen-bond acceptors (Lipinski definition) is 8. The van der Waals surface area contributed by atoms with Gasteiger partial charge in [0.05, 0.1) is 5.75 Å². The molecule has 0 aliphatic carbocycles. The van der Waals surface area contributed by atoms with Gasteiger partial charge in [-0.15, -0.1) is 11.3 Å². The summed E-state index contributed by atoms with van der Waals surface area (Å²) in [5.74, 6) is 0.189. The van der Waals surface area contributed by atoms with Crippen molar-refractivity contribution in [1.29, 1.82) is 0 Å². The molecule has 0 fully saturated rings. The van der Waals surface area contributed by atoms with E-state index in [0.717, 1.165) is 20.7 Å². The molecule has 3 heterocycles. The second-order valence-electron chi connectivity index (χ2n) is 7.28. The Morgan fingerprint density at radius 1 is 1.24 bits per heavy atom. The van der Waals surface area contributed by atoms with Crippen molar-refractivity contribution in [2.45, 2.75) is 46.2 Å². The predicted molar refractivity (Wildman–Crippen MR) is 117 cm³/mol. The number of anilines is 1. The number of carbonyl (C=O) groups is 1. The molecule has 0 aromatic carbocycles. The van der Waals surface area contributed by atoms with Crippen LogP contribution < -0.4 is 17.0 Å². The van der Waals surface area contributed by atoms with Gasteiger partial charge in [0.25, 0.3) is 5.56 Å². The third-order valence-electron chi connectivity index (χ3n) is 4.51. The van der Waals surface area contributed by atoms with E-state index in [0.29, 0.717) is 17.4 Å². The van der Waals surface area contributed by atoms with E-state index in [2.05, 4.69) is 15.0 Å². The van der Waals surface area contributed by atoms with Gasteiger partial charge < -0.3 is 5.73 Å². The number of thioether (sulfide) groups is 1. The van der Waals surface area contributed by atoms with Crippen molar-refractivity contribution < 1.29 is 4.79 Å². The Balaban J connectivity index is 1.96. The average molecular weight is 434 g/mol. The highest BCUT2D eigenvalue weighted by Crippen LogP contribution is 2.35. The Kier molecular flexibility index (Phi) is 5.95. The monoisotopic (exact) mass is 433 g/mol. The summed E-state index contributed by atoms with van der Waals surface area (Å²) in [6.07, 6.45) is 0. The van der Waals surface area contributed by atoms with E-state index in [4.69, 9.17) is 5.73 Å². The number of carbonyl (C=O) groups excluding carboxylic acids is 1. The van der Waals surface area contributed by atoms with Crippen LogP contribution in [-0.2, 0) is 6.54 Å². The van der Waals surface area contributed by atoms with Gasteiger partial charge in [-0.25, -0.2) is 14.8 Å². The summed E-state index contributed by atoms with van der Waals surface area (Å²) in [4.78, 5) is 50.4. The Hall–Kier alpha value is -2.46. The highest BCUT2D eigenvalue weighted by atomic mass is 32.2. The maximum atomic E-state index is 12.8. The number of aromatic nitrogens is 4. The van der Waals surface area contributed by atoms with Gasteiger partial charge >= 0.3 is 5.69 Å². The molecule has 0 saturated carbocycles. The molecule has 0 atom stereocenters. The van der Waals surface area contributed by atoms with Crippen LogP contribution in [0.15, 0.2) is 14.6 Å². The average Bonchev–Trinajstić information content (AvgIpc) is 2.90. The molecule has 10 heteroatoms. The number of nitrogens with zero attached hydrogens (tertiary/aromatic N) is 3. The highest BCUT2D eigenvalue weighted by molar-refractivity contribution is 8.00. The highest BCUT2D eigenvalue weighted by Gasteiger charge is 2.21. The fourth-order valence-electron chi connectivity index (χ4n) is 3.03. The van der Waals surface area contributed by atoms with E-state index in [1.54, 1.807) is 18.3 Å². The lowest BCUT2D eigenvalue weighted by Crippen LogP contribution is -2.37. The number of fused-ring (bicyclic) bond motifs is 1. The number of thiophene rings is 1. The smallest absolute Gasteiger partial charge is 0.329 e. The van der Waals surface area contributed by atoms with Gasteiger partial charge in [0.2, 0.25) is 0 Å². The minimum Gasteiger partial charge on any atom is -0.384 e. The van der Waals surface area contributed by atoms with Crippen LogP contribution in [0.3, 0.4) is 0 Å². The molecule has 0 radical (unpaired) electrons. The van der Waals surface area contributed by atoms with Crippen LogP contribution in [0.5, 0.6) is 0 Å². The summed E-state index contributed by atoms with van der Waals surface area (Å²) in [6.45, 7) is 9.98. The lowest BCUT2D eigenvalue weighted by molar-refractivity contribution is 0.102. The Labute approximate surface area is 175 Å². The fourth-order valence-corrected chi connectivity index (χ4v) is 5.17. The van der Waals surface area contributed by atoms with Gasteiger partial charge in [0.1, 0.15) is 27.1 Å². The normalized spacial score (nSPS) is 11.5. The molecule has 0 bridgehead atoms. The van der Waals surface area contributed by atoms with Crippen molar-refractivity contribution >= 4 is 44.9 Å². The van der Waals surface area contributed by atoms with E-state index in [1.807, 2.05) is 27.7 Å². The van der Waals surface area contributed by atoms with Crippen LogP contribution in [-0.4, -0.2) is 31.1 Å². The zero-order valence-corrected chi connectivity index (χ0v) is 18.6. The van der Waals surface area contributed by atoms with Crippen molar-refractivity contribution in [2.75, 3.05) is 11.5 Å². The van der Waals surface area contributed by atoms with Gasteiger partial charge in [-0.3, -0.25) is 19.1 Å².